The average molecular weight is 374 g/mol. The lowest BCUT2D eigenvalue weighted by molar-refractivity contribution is -0.129. The predicted octanol–water partition coefficient (Wildman–Crippen LogP) is 1.31. The lowest BCUT2D eigenvalue weighted by atomic mass is 10.1. The molecule has 7 heteroatoms. The van der Waals surface area contributed by atoms with Gasteiger partial charge in [-0.2, -0.15) is 0 Å². The van der Waals surface area contributed by atoms with Gasteiger partial charge in [-0.15, -0.1) is 0 Å². The highest BCUT2D eigenvalue weighted by Crippen LogP contribution is 2.18. The molecule has 2 fully saturated rings. The van der Waals surface area contributed by atoms with Gasteiger partial charge in [0, 0.05) is 65.1 Å². The van der Waals surface area contributed by atoms with E-state index in [1.165, 1.54) is 6.42 Å². The standard InChI is InChI=1S/C20H31N5O2/c1-22(2)19(26)16-23-9-6-12-24(14-13-23)18-15-17(7-8-21-18)20(27)25-10-4-3-5-11-25/h7-8,15H,3-6,9-14,16H2,1-2H3. The van der Waals surface area contributed by atoms with Gasteiger partial charge >= 0.3 is 0 Å². The van der Waals surface area contributed by atoms with Gasteiger partial charge in [0.1, 0.15) is 5.82 Å². The van der Waals surface area contributed by atoms with Crippen LogP contribution < -0.4 is 4.90 Å². The second-order valence-electron chi connectivity index (χ2n) is 7.66. The zero-order valence-electron chi connectivity index (χ0n) is 16.6. The number of pyridine rings is 1. The van der Waals surface area contributed by atoms with E-state index in [9.17, 15) is 9.59 Å². The number of hydrogen-bond donors (Lipinski definition) is 0. The molecule has 2 amide bonds. The zero-order valence-corrected chi connectivity index (χ0v) is 16.6. The Labute approximate surface area is 161 Å². The number of anilines is 1. The topological polar surface area (TPSA) is 60.0 Å². The monoisotopic (exact) mass is 373 g/mol. The number of amides is 2. The van der Waals surface area contributed by atoms with Gasteiger partial charge in [-0.05, 0) is 37.8 Å². The maximum Gasteiger partial charge on any atom is 0.254 e. The largest absolute Gasteiger partial charge is 0.355 e. The summed E-state index contributed by atoms with van der Waals surface area (Å²) in [5.41, 5.74) is 0.728. The van der Waals surface area contributed by atoms with Crippen molar-refractivity contribution in [1.82, 2.24) is 19.7 Å². The Kier molecular flexibility index (Phi) is 6.66. The third-order valence-electron chi connectivity index (χ3n) is 5.41. The molecule has 3 rings (SSSR count). The minimum absolute atomic E-state index is 0.117. The Balaban J connectivity index is 1.63. The van der Waals surface area contributed by atoms with E-state index in [-0.39, 0.29) is 11.8 Å². The molecule has 27 heavy (non-hydrogen) atoms. The van der Waals surface area contributed by atoms with E-state index in [0.717, 1.165) is 69.9 Å². The zero-order chi connectivity index (χ0) is 19.2. The van der Waals surface area contributed by atoms with Gasteiger partial charge in [-0.3, -0.25) is 14.5 Å². The number of hydrogen-bond acceptors (Lipinski definition) is 5. The van der Waals surface area contributed by atoms with Gasteiger partial charge in [0.15, 0.2) is 0 Å². The molecule has 0 aromatic carbocycles. The molecule has 0 aliphatic carbocycles. The van der Waals surface area contributed by atoms with Gasteiger partial charge in [0.05, 0.1) is 6.54 Å². The Hall–Kier alpha value is -2.15. The van der Waals surface area contributed by atoms with Crippen molar-refractivity contribution >= 4 is 17.6 Å². The van der Waals surface area contributed by atoms with E-state index in [0.29, 0.717) is 6.54 Å². The summed E-state index contributed by atoms with van der Waals surface area (Å²) in [6.07, 6.45) is 6.12. The summed E-state index contributed by atoms with van der Waals surface area (Å²) in [5, 5.41) is 0. The normalized spacial score (nSPS) is 18.9. The first-order chi connectivity index (χ1) is 13.0. The van der Waals surface area contributed by atoms with Crippen molar-refractivity contribution < 1.29 is 9.59 Å². The molecule has 0 bridgehead atoms. The highest BCUT2D eigenvalue weighted by molar-refractivity contribution is 5.94. The molecule has 1 aromatic heterocycles. The van der Waals surface area contributed by atoms with E-state index in [4.69, 9.17) is 0 Å². The molecule has 0 unspecified atom stereocenters. The van der Waals surface area contributed by atoms with Crippen molar-refractivity contribution in [3.63, 3.8) is 0 Å². The van der Waals surface area contributed by atoms with Crippen LogP contribution in [-0.4, -0.2) is 91.4 Å². The van der Waals surface area contributed by atoms with Crippen molar-refractivity contribution in [2.45, 2.75) is 25.7 Å². The van der Waals surface area contributed by atoms with E-state index in [2.05, 4.69) is 14.8 Å². The molecule has 2 aliphatic heterocycles. The van der Waals surface area contributed by atoms with Crippen molar-refractivity contribution in [3.8, 4) is 0 Å². The summed E-state index contributed by atoms with van der Waals surface area (Å²) < 4.78 is 0. The van der Waals surface area contributed by atoms with E-state index in [1.54, 1.807) is 25.2 Å². The van der Waals surface area contributed by atoms with Crippen LogP contribution in [0, 0.1) is 0 Å². The van der Waals surface area contributed by atoms with Gasteiger partial charge in [-0.1, -0.05) is 0 Å². The maximum atomic E-state index is 12.8. The van der Waals surface area contributed by atoms with E-state index < -0.39 is 0 Å². The lowest BCUT2D eigenvalue weighted by Crippen LogP contribution is -2.39. The third-order valence-corrected chi connectivity index (χ3v) is 5.41. The maximum absolute atomic E-state index is 12.8. The van der Waals surface area contributed by atoms with Crippen molar-refractivity contribution in [2.24, 2.45) is 0 Å². The van der Waals surface area contributed by atoms with Crippen molar-refractivity contribution in [3.05, 3.63) is 23.9 Å². The molecule has 0 atom stereocenters. The third kappa shape index (κ3) is 5.19. The predicted molar refractivity (Wildman–Crippen MR) is 106 cm³/mol. The first-order valence-corrected chi connectivity index (χ1v) is 9.97. The number of rotatable bonds is 4. The fraction of sp³-hybridized carbons (Fsp3) is 0.650. The number of likely N-dealkylation sites (tertiary alicyclic amines) is 1. The number of carbonyl (C=O) groups excluding carboxylic acids is 2. The van der Waals surface area contributed by atoms with Gasteiger partial charge in [0.25, 0.3) is 5.91 Å². The molecule has 7 nitrogen and oxygen atoms in total. The first kappa shape index (κ1) is 19.6. The number of carbonyl (C=O) groups is 2. The molecule has 2 aliphatic rings. The van der Waals surface area contributed by atoms with Crippen LogP contribution in [0.4, 0.5) is 5.82 Å². The van der Waals surface area contributed by atoms with Crippen LogP contribution in [0.5, 0.6) is 0 Å². The van der Waals surface area contributed by atoms with Crippen LogP contribution in [-0.2, 0) is 4.79 Å². The Morgan fingerprint density at radius 1 is 1.00 bits per heavy atom. The summed E-state index contributed by atoms with van der Waals surface area (Å²) in [5.74, 6) is 1.11. The van der Waals surface area contributed by atoms with Crippen LogP contribution in [0.15, 0.2) is 18.3 Å². The molecule has 2 saturated heterocycles. The molecule has 1 aromatic rings. The average Bonchev–Trinajstić information content (AvgIpc) is 2.93. The molecular formula is C20H31N5O2. The molecule has 148 valence electrons. The minimum atomic E-state index is 0.117. The summed E-state index contributed by atoms with van der Waals surface area (Å²) >= 11 is 0. The fourth-order valence-electron chi connectivity index (χ4n) is 3.69. The van der Waals surface area contributed by atoms with Crippen LogP contribution in [0.2, 0.25) is 0 Å². The Morgan fingerprint density at radius 3 is 2.52 bits per heavy atom. The smallest absolute Gasteiger partial charge is 0.254 e. The molecule has 0 radical (unpaired) electrons. The van der Waals surface area contributed by atoms with Crippen molar-refractivity contribution in [2.75, 3.05) is 64.8 Å². The minimum Gasteiger partial charge on any atom is -0.355 e. The second-order valence-corrected chi connectivity index (χ2v) is 7.66. The fourth-order valence-corrected chi connectivity index (χ4v) is 3.69. The number of likely N-dealkylation sites (N-methyl/N-ethyl adjacent to an activating group) is 1. The lowest BCUT2D eigenvalue weighted by Gasteiger charge is -2.27. The van der Waals surface area contributed by atoms with E-state index >= 15 is 0 Å². The SMILES string of the molecule is CN(C)C(=O)CN1CCCN(c2cc(C(=O)N3CCCCC3)ccn2)CC1. The Bertz CT molecular complexity index is 658. The van der Waals surface area contributed by atoms with Crippen LogP contribution in [0.1, 0.15) is 36.0 Å². The first-order valence-electron chi connectivity index (χ1n) is 9.97. The molecular weight excluding hydrogens is 342 g/mol. The van der Waals surface area contributed by atoms with Crippen LogP contribution >= 0.6 is 0 Å². The van der Waals surface area contributed by atoms with Crippen LogP contribution in [0.3, 0.4) is 0 Å². The van der Waals surface area contributed by atoms with E-state index in [1.807, 2.05) is 17.0 Å². The van der Waals surface area contributed by atoms with Gasteiger partial charge in [-0.25, -0.2) is 4.98 Å². The number of nitrogens with zero attached hydrogens (tertiary/aromatic N) is 5. The Morgan fingerprint density at radius 2 is 1.78 bits per heavy atom. The van der Waals surface area contributed by atoms with Crippen molar-refractivity contribution in [1.29, 1.82) is 0 Å². The molecule has 0 spiro atoms. The summed E-state index contributed by atoms with van der Waals surface area (Å²) in [7, 11) is 3.59. The number of piperidine rings is 1. The summed E-state index contributed by atoms with van der Waals surface area (Å²) in [6, 6.07) is 3.75. The van der Waals surface area contributed by atoms with Gasteiger partial charge in [0.2, 0.25) is 5.91 Å². The quantitative estimate of drug-likeness (QED) is 0.796. The highest BCUT2D eigenvalue weighted by Gasteiger charge is 2.21. The van der Waals surface area contributed by atoms with Gasteiger partial charge < -0.3 is 14.7 Å². The summed E-state index contributed by atoms with van der Waals surface area (Å²) in [4.78, 5) is 37.3. The highest BCUT2D eigenvalue weighted by atomic mass is 16.2. The second kappa shape index (κ2) is 9.17. The molecule has 0 saturated carbocycles. The number of aromatic nitrogens is 1. The molecule has 0 N–H and O–H groups in total. The summed E-state index contributed by atoms with van der Waals surface area (Å²) in [6.45, 7) is 5.61. The van der Waals surface area contributed by atoms with Crippen LogP contribution in [0.25, 0.3) is 0 Å². The molecule has 3 heterocycles.